The molecule has 1 aromatic rings. The molecule has 180 valence electrons. The first-order valence-corrected chi connectivity index (χ1v) is 13.3. The van der Waals surface area contributed by atoms with Gasteiger partial charge in [0.05, 0.1) is 17.5 Å². The fourth-order valence-electron chi connectivity index (χ4n) is 4.27. The third-order valence-electron chi connectivity index (χ3n) is 6.75. The summed E-state index contributed by atoms with van der Waals surface area (Å²) >= 11 is 0. The predicted octanol–water partition coefficient (Wildman–Crippen LogP) is 3.41. The van der Waals surface area contributed by atoms with Crippen LogP contribution in [0, 0.1) is 0 Å². The fourth-order valence-corrected chi connectivity index (χ4v) is 5.24. The van der Waals surface area contributed by atoms with Gasteiger partial charge in [-0.3, -0.25) is 0 Å². The van der Waals surface area contributed by atoms with Crippen molar-refractivity contribution in [2.45, 2.75) is 70.3 Å². The molecule has 8 nitrogen and oxygen atoms in total. The van der Waals surface area contributed by atoms with Crippen molar-refractivity contribution in [1.82, 2.24) is 9.62 Å². The normalized spacial score (nSPS) is 19.9. The third-order valence-corrected chi connectivity index (χ3v) is 8.66. The molecule has 0 aliphatic carbocycles. The number of piperidine rings is 1. The lowest BCUT2D eigenvalue weighted by molar-refractivity contribution is -0.0605. The first-order chi connectivity index (χ1) is 15.2. The highest BCUT2D eigenvalue weighted by atomic mass is 32.2. The second-order valence-electron chi connectivity index (χ2n) is 9.11. The number of hydrogen-bond acceptors (Lipinski definition) is 5. The molecule has 0 spiro atoms. The number of carbonyl (C=O) groups is 1. The van der Waals surface area contributed by atoms with Gasteiger partial charge in [-0.2, -0.15) is 0 Å². The maximum Gasteiger partial charge on any atom is 0.321 e. The number of nitrogens with zero attached hydrogens (tertiary/aromatic N) is 2. The summed E-state index contributed by atoms with van der Waals surface area (Å²) in [6.07, 6.45) is 3.21. The number of morpholine rings is 1. The summed E-state index contributed by atoms with van der Waals surface area (Å²) in [4.78, 5) is 16.8. The Morgan fingerprint density at radius 3 is 2.31 bits per heavy atom. The highest BCUT2D eigenvalue weighted by Gasteiger charge is 2.33. The van der Waals surface area contributed by atoms with Crippen molar-refractivity contribution in [2.24, 2.45) is 0 Å². The Kier molecular flexibility index (Phi) is 8.06. The van der Waals surface area contributed by atoms with E-state index >= 15 is 0 Å². The van der Waals surface area contributed by atoms with Gasteiger partial charge in [-0.15, -0.1) is 0 Å². The summed E-state index contributed by atoms with van der Waals surface area (Å²) in [6, 6.07) is 7.70. The Bertz CT molecular complexity index is 860. The molecule has 0 saturated carbocycles. The number of rotatable bonds is 7. The Balaban J connectivity index is 1.51. The van der Waals surface area contributed by atoms with Gasteiger partial charge in [0.15, 0.2) is 0 Å². The van der Waals surface area contributed by atoms with Gasteiger partial charge in [0, 0.05) is 43.6 Å². The lowest BCUT2D eigenvalue weighted by Gasteiger charge is -2.43. The van der Waals surface area contributed by atoms with Crippen LogP contribution in [0.2, 0.25) is 0 Å². The molecule has 0 atom stereocenters. The fraction of sp³-hybridized carbons (Fsp3) is 0.696. The van der Waals surface area contributed by atoms with E-state index in [1.165, 1.54) is 0 Å². The maximum absolute atomic E-state index is 12.7. The van der Waals surface area contributed by atoms with Crippen molar-refractivity contribution in [2.75, 3.05) is 43.0 Å². The molecule has 0 unspecified atom stereocenters. The van der Waals surface area contributed by atoms with E-state index in [0.717, 1.165) is 43.9 Å². The largest absolute Gasteiger partial charge is 0.371 e. The number of benzene rings is 1. The number of carbonyl (C=O) groups excluding carboxylic acids is 1. The van der Waals surface area contributed by atoms with Gasteiger partial charge in [0.2, 0.25) is 10.0 Å². The molecular weight excluding hydrogens is 428 g/mol. The van der Waals surface area contributed by atoms with E-state index in [1.54, 1.807) is 18.7 Å². The van der Waals surface area contributed by atoms with Crippen LogP contribution in [0.15, 0.2) is 24.3 Å². The Hall–Kier alpha value is -1.84. The number of likely N-dealkylation sites (tertiary alicyclic amines) is 1. The van der Waals surface area contributed by atoms with Crippen LogP contribution in [0.3, 0.4) is 0 Å². The third kappa shape index (κ3) is 5.94. The van der Waals surface area contributed by atoms with E-state index in [-0.39, 0.29) is 17.7 Å². The Morgan fingerprint density at radius 1 is 1.12 bits per heavy atom. The molecule has 1 aromatic carbocycles. The number of amides is 2. The molecule has 9 heteroatoms. The maximum atomic E-state index is 12.7. The molecule has 0 bridgehead atoms. The summed E-state index contributed by atoms with van der Waals surface area (Å²) in [5, 5.41) is 2.51. The van der Waals surface area contributed by atoms with Gasteiger partial charge in [-0.25, -0.2) is 17.9 Å². The minimum Gasteiger partial charge on any atom is -0.371 e. The van der Waals surface area contributed by atoms with Gasteiger partial charge in [-0.05, 0) is 63.8 Å². The van der Waals surface area contributed by atoms with E-state index in [1.807, 2.05) is 24.3 Å². The number of anilines is 2. The van der Waals surface area contributed by atoms with Crippen molar-refractivity contribution in [3.63, 3.8) is 0 Å². The Morgan fingerprint density at radius 2 is 1.75 bits per heavy atom. The van der Waals surface area contributed by atoms with E-state index in [4.69, 9.17) is 4.74 Å². The topological polar surface area (TPSA) is 91.0 Å². The highest BCUT2D eigenvalue weighted by molar-refractivity contribution is 7.90. The van der Waals surface area contributed by atoms with Crippen LogP contribution in [0.1, 0.15) is 53.4 Å². The first kappa shape index (κ1) is 24.8. The van der Waals surface area contributed by atoms with Crippen molar-refractivity contribution in [3.8, 4) is 0 Å². The minimum absolute atomic E-state index is 0.0827. The van der Waals surface area contributed by atoms with E-state index in [9.17, 15) is 13.2 Å². The zero-order valence-corrected chi connectivity index (χ0v) is 20.6. The summed E-state index contributed by atoms with van der Waals surface area (Å²) in [5.74, 6) is 0. The number of ether oxygens (including phenoxy) is 1. The average Bonchev–Trinajstić information content (AvgIpc) is 2.79. The number of urea groups is 1. The zero-order valence-electron chi connectivity index (χ0n) is 19.8. The molecule has 3 rings (SSSR count). The molecule has 0 radical (unpaired) electrons. The first-order valence-electron chi connectivity index (χ1n) is 11.7. The van der Waals surface area contributed by atoms with E-state index in [0.29, 0.717) is 25.9 Å². The number of hydrogen-bond donors (Lipinski definition) is 2. The van der Waals surface area contributed by atoms with Crippen LogP contribution in [0.25, 0.3) is 0 Å². The monoisotopic (exact) mass is 466 g/mol. The van der Waals surface area contributed by atoms with Gasteiger partial charge in [0.1, 0.15) is 0 Å². The van der Waals surface area contributed by atoms with Gasteiger partial charge in [-0.1, -0.05) is 13.8 Å². The summed E-state index contributed by atoms with van der Waals surface area (Å²) in [6.45, 7) is 11.2. The average molecular weight is 467 g/mol. The molecule has 32 heavy (non-hydrogen) atoms. The molecule has 0 aromatic heterocycles. The standard InChI is InChI=1S/C23H38N4O4S/c1-5-23(6-2)17-27(15-16-31-23)21-9-7-19(8-10-21)24-22(28)26-13-11-20(12-14-26)25-32(29,30)18(3)4/h7-10,18,20,25H,5-6,11-17H2,1-4H3,(H,24,28). The summed E-state index contributed by atoms with van der Waals surface area (Å²) in [7, 11) is -3.29. The SMILES string of the molecule is CCC1(CC)CN(c2ccc(NC(=O)N3CCC(NS(=O)(=O)C(C)C)CC3)cc2)CCO1. The van der Waals surface area contributed by atoms with Crippen molar-refractivity contribution in [1.29, 1.82) is 0 Å². The van der Waals surface area contributed by atoms with Crippen LogP contribution in [0.5, 0.6) is 0 Å². The summed E-state index contributed by atoms with van der Waals surface area (Å²) in [5.41, 5.74) is 1.81. The van der Waals surface area contributed by atoms with Crippen LogP contribution in [0.4, 0.5) is 16.2 Å². The molecule has 2 aliphatic rings. The predicted molar refractivity (Wildman–Crippen MR) is 129 cm³/mol. The molecule has 2 fully saturated rings. The molecular formula is C23H38N4O4S. The molecule has 2 aliphatic heterocycles. The summed E-state index contributed by atoms with van der Waals surface area (Å²) < 4.78 is 32.9. The van der Waals surface area contributed by atoms with Crippen molar-refractivity contribution < 1.29 is 17.9 Å². The van der Waals surface area contributed by atoms with Gasteiger partial charge >= 0.3 is 6.03 Å². The molecule has 2 amide bonds. The zero-order chi connectivity index (χ0) is 23.4. The van der Waals surface area contributed by atoms with E-state index in [2.05, 4.69) is 28.8 Å². The van der Waals surface area contributed by atoms with Crippen LogP contribution < -0.4 is 14.9 Å². The van der Waals surface area contributed by atoms with Crippen molar-refractivity contribution in [3.05, 3.63) is 24.3 Å². The second-order valence-corrected chi connectivity index (χ2v) is 11.4. The second kappa shape index (κ2) is 10.4. The molecule has 2 heterocycles. The Labute approximate surface area is 192 Å². The van der Waals surface area contributed by atoms with E-state index < -0.39 is 15.3 Å². The van der Waals surface area contributed by atoms with Gasteiger partial charge < -0.3 is 19.9 Å². The quantitative estimate of drug-likeness (QED) is 0.643. The number of sulfonamides is 1. The lowest BCUT2D eigenvalue weighted by Crippen LogP contribution is -2.51. The van der Waals surface area contributed by atoms with Crippen LogP contribution in [-0.2, 0) is 14.8 Å². The molecule has 2 N–H and O–H groups in total. The minimum atomic E-state index is -3.29. The molecule has 2 saturated heterocycles. The van der Waals surface area contributed by atoms with Crippen LogP contribution >= 0.6 is 0 Å². The van der Waals surface area contributed by atoms with Crippen molar-refractivity contribution >= 4 is 27.4 Å². The smallest absolute Gasteiger partial charge is 0.321 e. The van der Waals surface area contributed by atoms with Gasteiger partial charge in [0.25, 0.3) is 0 Å². The lowest BCUT2D eigenvalue weighted by atomic mass is 9.94. The number of nitrogens with one attached hydrogen (secondary N) is 2. The van der Waals surface area contributed by atoms with Crippen LogP contribution in [-0.4, -0.2) is 69.0 Å². The highest BCUT2D eigenvalue weighted by Crippen LogP contribution is 2.29.